The first-order valence-electron chi connectivity index (χ1n) is 10.0. The van der Waals surface area contributed by atoms with E-state index in [0.717, 1.165) is 12.8 Å². The summed E-state index contributed by atoms with van der Waals surface area (Å²) < 4.78 is 5.59. The topological polar surface area (TPSA) is 79.0 Å². The van der Waals surface area contributed by atoms with Crippen molar-refractivity contribution < 1.29 is 19.1 Å². The second-order valence-electron chi connectivity index (χ2n) is 7.61. The van der Waals surface area contributed by atoms with Gasteiger partial charge in [0.2, 0.25) is 11.8 Å². The zero-order valence-corrected chi connectivity index (χ0v) is 16.4. The summed E-state index contributed by atoms with van der Waals surface area (Å²) in [6.45, 7) is 4.60. The average molecular weight is 387 g/mol. The molecular formula is C21H29N3O4. The molecule has 2 fully saturated rings. The fourth-order valence-electron chi connectivity index (χ4n) is 4.06. The van der Waals surface area contributed by atoms with E-state index in [1.807, 2.05) is 40.1 Å². The summed E-state index contributed by atoms with van der Waals surface area (Å²) in [5.74, 6) is 1.44. The first-order chi connectivity index (χ1) is 13.5. The molecule has 7 nitrogen and oxygen atoms in total. The Morgan fingerprint density at radius 3 is 2.64 bits per heavy atom. The first kappa shape index (κ1) is 20.2. The highest BCUT2D eigenvalue weighted by Crippen LogP contribution is 2.32. The van der Waals surface area contributed by atoms with Crippen LogP contribution in [0.5, 0.6) is 5.75 Å². The predicted molar refractivity (Wildman–Crippen MR) is 105 cm³/mol. The van der Waals surface area contributed by atoms with Crippen molar-refractivity contribution in [3.05, 3.63) is 30.3 Å². The number of carbonyl (C=O) groups excluding carboxylic acids is 3. The molecule has 2 aliphatic rings. The van der Waals surface area contributed by atoms with Gasteiger partial charge in [0.25, 0.3) is 5.91 Å². The lowest BCUT2D eigenvalue weighted by Crippen LogP contribution is -2.45. The van der Waals surface area contributed by atoms with Crippen molar-refractivity contribution in [3.63, 3.8) is 0 Å². The van der Waals surface area contributed by atoms with Crippen LogP contribution in [0.15, 0.2) is 30.3 Å². The van der Waals surface area contributed by atoms with Crippen LogP contribution in [0.1, 0.15) is 26.2 Å². The highest BCUT2D eigenvalue weighted by atomic mass is 16.5. The number of hydrogen-bond donors (Lipinski definition) is 1. The number of benzene rings is 1. The second kappa shape index (κ2) is 9.57. The largest absolute Gasteiger partial charge is 0.484 e. The lowest BCUT2D eigenvalue weighted by atomic mass is 9.82. The minimum atomic E-state index is -0.0807. The van der Waals surface area contributed by atoms with E-state index in [1.165, 1.54) is 6.92 Å². The van der Waals surface area contributed by atoms with Gasteiger partial charge >= 0.3 is 0 Å². The van der Waals surface area contributed by atoms with Crippen LogP contribution in [0, 0.1) is 11.8 Å². The zero-order chi connectivity index (χ0) is 19.9. The number of para-hydroxylation sites is 1. The predicted octanol–water partition coefficient (Wildman–Crippen LogP) is 1.29. The molecule has 1 N–H and O–H groups in total. The van der Waals surface area contributed by atoms with Crippen LogP contribution in [0.4, 0.5) is 0 Å². The lowest BCUT2D eigenvalue weighted by molar-refractivity contribution is -0.136. The third kappa shape index (κ3) is 5.47. The van der Waals surface area contributed by atoms with Gasteiger partial charge in [-0.15, -0.1) is 0 Å². The summed E-state index contributed by atoms with van der Waals surface area (Å²) in [5, 5.41) is 2.75. The summed E-state index contributed by atoms with van der Waals surface area (Å²) in [6, 6.07) is 9.35. The Morgan fingerprint density at radius 1 is 1.14 bits per heavy atom. The molecule has 0 radical (unpaired) electrons. The van der Waals surface area contributed by atoms with Crippen LogP contribution in [-0.4, -0.2) is 66.9 Å². The summed E-state index contributed by atoms with van der Waals surface area (Å²) >= 11 is 0. The maximum Gasteiger partial charge on any atom is 0.260 e. The standard InChI is InChI=1S/C21H29N3O4/c1-16(25)22-9-12-23-10-8-18-14-24(11-7-17(18)13-20(23)26)21(27)15-28-19-5-3-2-4-6-19/h2-6,17-18H,7-15H2,1H3,(H,22,25). The molecule has 0 aliphatic carbocycles. The normalized spacial score (nSPS) is 22.2. The van der Waals surface area contributed by atoms with Gasteiger partial charge in [-0.2, -0.15) is 0 Å². The van der Waals surface area contributed by atoms with Crippen LogP contribution in [0.2, 0.25) is 0 Å². The highest BCUT2D eigenvalue weighted by Gasteiger charge is 2.36. The maximum absolute atomic E-state index is 12.5. The van der Waals surface area contributed by atoms with Crippen molar-refractivity contribution in [2.45, 2.75) is 26.2 Å². The molecular weight excluding hydrogens is 358 g/mol. The number of hydrogen-bond acceptors (Lipinski definition) is 4. The third-order valence-corrected chi connectivity index (χ3v) is 5.66. The van der Waals surface area contributed by atoms with E-state index in [9.17, 15) is 14.4 Å². The molecule has 0 spiro atoms. The number of carbonyl (C=O) groups is 3. The second-order valence-corrected chi connectivity index (χ2v) is 7.61. The first-order valence-corrected chi connectivity index (χ1v) is 10.0. The van der Waals surface area contributed by atoms with E-state index in [-0.39, 0.29) is 24.3 Å². The van der Waals surface area contributed by atoms with Gasteiger partial charge in [0, 0.05) is 46.1 Å². The Hall–Kier alpha value is -2.57. The molecule has 2 unspecified atom stereocenters. The molecule has 1 aromatic rings. The Bertz CT molecular complexity index is 694. The van der Waals surface area contributed by atoms with Crippen molar-refractivity contribution in [1.29, 1.82) is 0 Å². The molecule has 28 heavy (non-hydrogen) atoms. The van der Waals surface area contributed by atoms with Crippen molar-refractivity contribution >= 4 is 17.7 Å². The number of likely N-dealkylation sites (tertiary alicyclic amines) is 2. The Labute approximate surface area is 166 Å². The van der Waals surface area contributed by atoms with Crippen LogP contribution in [0.25, 0.3) is 0 Å². The van der Waals surface area contributed by atoms with Crippen LogP contribution >= 0.6 is 0 Å². The summed E-state index contributed by atoms with van der Waals surface area (Å²) in [6.07, 6.45) is 2.28. The summed E-state index contributed by atoms with van der Waals surface area (Å²) in [4.78, 5) is 39.8. The SMILES string of the molecule is CC(=O)NCCN1CCC2CN(C(=O)COc3ccccc3)CCC2CC1=O. The maximum atomic E-state index is 12.5. The Balaban J connectivity index is 1.49. The van der Waals surface area contributed by atoms with E-state index in [1.54, 1.807) is 0 Å². The van der Waals surface area contributed by atoms with Gasteiger partial charge in [0.1, 0.15) is 5.75 Å². The van der Waals surface area contributed by atoms with Crippen molar-refractivity contribution in [3.8, 4) is 5.75 Å². The minimum Gasteiger partial charge on any atom is -0.484 e. The monoisotopic (exact) mass is 387 g/mol. The fraction of sp³-hybridized carbons (Fsp3) is 0.571. The molecule has 152 valence electrons. The van der Waals surface area contributed by atoms with Gasteiger partial charge in [-0.3, -0.25) is 14.4 Å². The molecule has 2 saturated heterocycles. The van der Waals surface area contributed by atoms with E-state index in [4.69, 9.17) is 4.74 Å². The molecule has 2 heterocycles. The van der Waals surface area contributed by atoms with Gasteiger partial charge in [-0.1, -0.05) is 18.2 Å². The molecule has 1 aromatic carbocycles. The minimum absolute atomic E-state index is 0.000362. The molecule has 2 aliphatic heterocycles. The smallest absolute Gasteiger partial charge is 0.260 e. The highest BCUT2D eigenvalue weighted by molar-refractivity contribution is 5.79. The van der Waals surface area contributed by atoms with Crippen LogP contribution in [0.3, 0.4) is 0 Å². The number of ether oxygens (including phenoxy) is 1. The van der Waals surface area contributed by atoms with Gasteiger partial charge in [0.15, 0.2) is 6.61 Å². The summed E-state index contributed by atoms with van der Waals surface area (Å²) in [5.41, 5.74) is 0. The molecule has 0 saturated carbocycles. The number of nitrogens with zero attached hydrogens (tertiary/aromatic N) is 2. The number of piperidine rings is 1. The Morgan fingerprint density at radius 2 is 1.89 bits per heavy atom. The van der Waals surface area contributed by atoms with Crippen LogP contribution < -0.4 is 10.1 Å². The van der Waals surface area contributed by atoms with Crippen molar-refractivity contribution in [2.75, 3.05) is 39.3 Å². The molecule has 0 bridgehead atoms. The van der Waals surface area contributed by atoms with Gasteiger partial charge in [0.05, 0.1) is 0 Å². The van der Waals surface area contributed by atoms with E-state index < -0.39 is 0 Å². The molecule has 3 rings (SSSR count). The van der Waals surface area contributed by atoms with Gasteiger partial charge in [-0.25, -0.2) is 0 Å². The van der Waals surface area contributed by atoms with Gasteiger partial charge < -0.3 is 19.9 Å². The van der Waals surface area contributed by atoms with E-state index in [0.29, 0.717) is 56.7 Å². The zero-order valence-electron chi connectivity index (χ0n) is 16.4. The third-order valence-electron chi connectivity index (χ3n) is 5.66. The fourth-order valence-corrected chi connectivity index (χ4v) is 4.06. The number of fused-ring (bicyclic) bond motifs is 1. The molecule has 7 heteroatoms. The molecule has 2 atom stereocenters. The van der Waals surface area contributed by atoms with Gasteiger partial charge in [-0.05, 0) is 36.8 Å². The van der Waals surface area contributed by atoms with E-state index in [2.05, 4.69) is 5.32 Å². The Kier molecular flexibility index (Phi) is 6.90. The van der Waals surface area contributed by atoms with Crippen molar-refractivity contribution in [1.82, 2.24) is 15.1 Å². The van der Waals surface area contributed by atoms with Crippen LogP contribution in [-0.2, 0) is 14.4 Å². The number of amides is 3. The quantitative estimate of drug-likeness (QED) is 0.798. The molecule has 0 aromatic heterocycles. The van der Waals surface area contributed by atoms with Crippen molar-refractivity contribution in [2.24, 2.45) is 11.8 Å². The number of rotatable bonds is 6. The molecule has 3 amide bonds. The average Bonchev–Trinajstić information content (AvgIpc) is 2.85. The van der Waals surface area contributed by atoms with E-state index >= 15 is 0 Å². The summed E-state index contributed by atoms with van der Waals surface area (Å²) in [7, 11) is 0. The lowest BCUT2D eigenvalue weighted by Gasteiger charge is -2.37. The number of nitrogens with one attached hydrogen (secondary N) is 1.